The molecular weight excluding hydrogens is 356 g/mol. The Kier molecular flexibility index (Phi) is 5.78. The smallest absolute Gasteiger partial charge is 0.265 e. The average molecular weight is 368 g/mol. The Bertz CT molecular complexity index is 662. The fraction of sp³-hybridized carbons (Fsp3) is 0.0667. The van der Waals surface area contributed by atoms with Crippen molar-refractivity contribution in [1.29, 1.82) is 0 Å². The Morgan fingerprint density at radius 1 is 1.24 bits per heavy atom. The summed E-state index contributed by atoms with van der Waals surface area (Å²) in [4.78, 5) is 16.6. The summed E-state index contributed by atoms with van der Waals surface area (Å²) >= 11 is 9.33. The number of halogens is 2. The molecule has 1 amide bonds. The molecule has 1 N–H and O–H groups in total. The highest BCUT2D eigenvalue weighted by atomic mass is 79.9. The van der Waals surface area contributed by atoms with Gasteiger partial charge in [-0.15, -0.1) is 0 Å². The lowest BCUT2D eigenvalue weighted by atomic mass is 10.2. The highest BCUT2D eigenvalue weighted by Crippen LogP contribution is 2.20. The van der Waals surface area contributed by atoms with Crippen molar-refractivity contribution in [1.82, 2.24) is 0 Å². The molecule has 0 bridgehead atoms. The number of rotatable bonds is 5. The third-order valence-corrected chi connectivity index (χ3v) is 3.57. The number of carbonyl (C=O) groups is 1. The lowest BCUT2D eigenvalue weighted by Crippen LogP contribution is -2.17. The molecule has 0 aliphatic rings. The lowest BCUT2D eigenvalue weighted by Gasteiger charge is -2.05. The number of nitrogens with one attached hydrogen (secondary N) is 1. The van der Waals surface area contributed by atoms with Gasteiger partial charge in [0.05, 0.1) is 16.9 Å². The Balaban J connectivity index is 1.82. The quantitative estimate of drug-likeness (QED) is 0.639. The van der Waals surface area contributed by atoms with E-state index in [2.05, 4.69) is 26.4 Å². The van der Waals surface area contributed by atoms with Crippen LogP contribution in [-0.2, 0) is 9.63 Å². The second kappa shape index (κ2) is 7.81. The number of nitrogens with zero attached hydrogens (tertiary/aromatic N) is 1. The van der Waals surface area contributed by atoms with E-state index in [0.29, 0.717) is 10.7 Å². The van der Waals surface area contributed by atoms with Crippen LogP contribution in [0.5, 0.6) is 0 Å². The highest BCUT2D eigenvalue weighted by molar-refractivity contribution is 9.10. The minimum Gasteiger partial charge on any atom is -0.386 e. The van der Waals surface area contributed by atoms with Gasteiger partial charge >= 0.3 is 0 Å². The number of para-hydroxylation sites is 1. The summed E-state index contributed by atoms with van der Waals surface area (Å²) in [5.41, 5.74) is 1.41. The molecule has 0 aliphatic heterocycles. The molecule has 0 unspecified atom stereocenters. The lowest BCUT2D eigenvalue weighted by molar-refractivity contribution is -0.120. The zero-order valence-electron chi connectivity index (χ0n) is 10.9. The van der Waals surface area contributed by atoms with Crippen LogP contribution in [0.25, 0.3) is 0 Å². The zero-order chi connectivity index (χ0) is 15.1. The van der Waals surface area contributed by atoms with Gasteiger partial charge < -0.3 is 10.2 Å². The summed E-state index contributed by atoms with van der Waals surface area (Å²) in [6, 6.07) is 14.5. The van der Waals surface area contributed by atoms with Gasteiger partial charge in [-0.1, -0.05) is 63.0 Å². The average Bonchev–Trinajstić information content (AvgIpc) is 2.48. The van der Waals surface area contributed by atoms with E-state index in [1.807, 2.05) is 24.3 Å². The fourth-order valence-corrected chi connectivity index (χ4v) is 2.09. The van der Waals surface area contributed by atoms with Crippen LogP contribution in [0.4, 0.5) is 5.69 Å². The Morgan fingerprint density at radius 3 is 2.71 bits per heavy atom. The van der Waals surface area contributed by atoms with Crippen LogP contribution in [-0.4, -0.2) is 18.7 Å². The summed E-state index contributed by atoms with van der Waals surface area (Å²) in [5, 5.41) is 6.87. The van der Waals surface area contributed by atoms with Crippen LogP contribution in [0.3, 0.4) is 0 Å². The molecule has 2 rings (SSSR count). The fourth-order valence-electron chi connectivity index (χ4n) is 1.52. The van der Waals surface area contributed by atoms with E-state index in [9.17, 15) is 4.79 Å². The second-order valence-electron chi connectivity index (χ2n) is 4.06. The van der Waals surface area contributed by atoms with Crippen molar-refractivity contribution in [2.24, 2.45) is 5.16 Å². The number of carbonyl (C=O) groups excluding carboxylic acids is 1. The zero-order valence-corrected chi connectivity index (χ0v) is 13.3. The number of anilines is 1. The normalized spacial score (nSPS) is 10.6. The first-order valence-corrected chi connectivity index (χ1v) is 7.28. The van der Waals surface area contributed by atoms with Gasteiger partial charge in [-0.05, 0) is 18.2 Å². The summed E-state index contributed by atoms with van der Waals surface area (Å²) in [6.45, 7) is -0.188. The summed E-state index contributed by atoms with van der Waals surface area (Å²) in [5.74, 6) is -0.327. The molecule has 0 saturated carbocycles. The van der Waals surface area contributed by atoms with Crippen molar-refractivity contribution in [3.8, 4) is 0 Å². The minimum absolute atomic E-state index is 0.188. The van der Waals surface area contributed by atoms with Gasteiger partial charge in [-0.2, -0.15) is 0 Å². The van der Waals surface area contributed by atoms with Crippen molar-refractivity contribution in [3.63, 3.8) is 0 Å². The number of benzene rings is 2. The monoisotopic (exact) mass is 366 g/mol. The number of oxime groups is 1. The van der Waals surface area contributed by atoms with E-state index in [0.717, 1.165) is 10.0 Å². The standard InChI is InChI=1S/C15H12BrClN2O2/c16-12-6-2-1-5-11(12)9-18-21-10-15(20)19-14-8-4-3-7-13(14)17/h1-9H,10H2,(H,19,20)/b18-9-. The van der Waals surface area contributed by atoms with E-state index in [1.165, 1.54) is 6.21 Å². The van der Waals surface area contributed by atoms with Crippen molar-refractivity contribution in [3.05, 3.63) is 63.6 Å². The molecule has 0 fully saturated rings. The molecule has 0 heterocycles. The van der Waals surface area contributed by atoms with Gasteiger partial charge in [0.25, 0.3) is 5.91 Å². The molecule has 0 saturated heterocycles. The molecule has 2 aromatic rings. The predicted octanol–water partition coefficient (Wildman–Crippen LogP) is 4.09. The molecule has 6 heteroatoms. The third kappa shape index (κ3) is 4.88. The molecule has 108 valence electrons. The van der Waals surface area contributed by atoms with Crippen LogP contribution in [0, 0.1) is 0 Å². The molecule has 0 radical (unpaired) electrons. The van der Waals surface area contributed by atoms with E-state index >= 15 is 0 Å². The van der Waals surface area contributed by atoms with Crippen LogP contribution < -0.4 is 5.32 Å². The maximum Gasteiger partial charge on any atom is 0.265 e. The third-order valence-electron chi connectivity index (χ3n) is 2.52. The summed E-state index contributed by atoms with van der Waals surface area (Å²) in [6.07, 6.45) is 1.53. The predicted molar refractivity (Wildman–Crippen MR) is 87.8 cm³/mol. The first-order valence-electron chi connectivity index (χ1n) is 6.11. The minimum atomic E-state index is -0.327. The van der Waals surface area contributed by atoms with Crippen molar-refractivity contribution >= 4 is 45.3 Å². The van der Waals surface area contributed by atoms with E-state index in [1.54, 1.807) is 24.3 Å². The molecule has 4 nitrogen and oxygen atoms in total. The van der Waals surface area contributed by atoms with E-state index in [4.69, 9.17) is 16.4 Å². The van der Waals surface area contributed by atoms with Crippen LogP contribution in [0.1, 0.15) is 5.56 Å². The molecule has 0 aromatic heterocycles. The van der Waals surface area contributed by atoms with Gasteiger partial charge in [-0.3, -0.25) is 4.79 Å². The molecule has 0 aliphatic carbocycles. The maximum absolute atomic E-state index is 11.7. The topological polar surface area (TPSA) is 50.7 Å². The SMILES string of the molecule is O=C(CO/N=C\c1ccccc1Br)Nc1ccccc1Cl. The molecular formula is C15H12BrClN2O2. The van der Waals surface area contributed by atoms with Gasteiger partial charge in [0.2, 0.25) is 0 Å². The second-order valence-corrected chi connectivity index (χ2v) is 5.32. The Labute approximate surface area is 135 Å². The highest BCUT2D eigenvalue weighted by Gasteiger charge is 2.05. The molecule has 0 atom stereocenters. The molecule has 0 spiro atoms. The first kappa shape index (κ1) is 15.5. The van der Waals surface area contributed by atoms with Crippen molar-refractivity contribution in [2.75, 3.05) is 11.9 Å². The van der Waals surface area contributed by atoms with E-state index in [-0.39, 0.29) is 12.5 Å². The molecule has 2 aromatic carbocycles. The van der Waals surface area contributed by atoms with Crippen molar-refractivity contribution in [2.45, 2.75) is 0 Å². The Morgan fingerprint density at radius 2 is 1.95 bits per heavy atom. The van der Waals surface area contributed by atoms with Gasteiger partial charge in [0, 0.05) is 10.0 Å². The largest absolute Gasteiger partial charge is 0.386 e. The van der Waals surface area contributed by atoms with Gasteiger partial charge in [0.1, 0.15) is 0 Å². The van der Waals surface area contributed by atoms with Gasteiger partial charge in [-0.25, -0.2) is 0 Å². The number of amides is 1. The van der Waals surface area contributed by atoms with E-state index < -0.39 is 0 Å². The maximum atomic E-state index is 11.7. The number of hydrogen-bond donors (Lipinski definition) is 1. The van der Waals surface area contributed by atoms with Crippen LogP contribution >= 0.6 is 27.5 Å². The van der Waals surface area contributed by atoms with Crippen LogP contribution in [0.15, 0.2) is 58.2 Å². The van der Waals surface area contributed by atoms with Gasteiger partial charge in [0.15, 0.2) is 6.61 Å². The Hall–Kier alpha value is -1.85. The summed E-state index contributed by atoms with van der Waals surface area (Å²) < 4.78 is 0.901. The van der Waals surface area contributed by atoms with Crippen LogP contribution in [0.2, 0.25) is 5.02 Å². The summed E-state index contributed by atoms with van der Waals surface area (Å²) in [7, 11) is 0. The number of hydrogen-bond acceptors (Lipinski definition) is 3. The first-order chi connectivity index (χ1) is 10.2. The van der Waals surface area contributed by atoms with Crippen molar-refractivity contribution < 1.29 is 9.63 Å². The molecule has 21 heavy (non-hydrogen) atoms.